The number of hydrogen-bond acceptors (Lipinski definition) is 3. The summed E-state index contributed by atoms with van der Waals surface area (Å²) in [7, 11) is 1.61. The number of anilines is 1. The summed E-state index contributed by atoms with van der Waals surface area (Å²) in [6.45, 7) is 2.56. The lowest BCUT2D eigenvalue weighted by atomic mass is 10.2. The van der Waals surface area contributed by atoms with Crippen LogP contribution in [0.4, 0.5) is 5.69 Å². The van der Waals surface area contributed by atoms with E-state index in [4.69, 9.17) is 9.47 Å². The molecule has 0 saturated carbocycles. The van der Waals surface area contributed by atoms with E-state index in [0.717, 1.165) is 17.2 Å². The van der Waals surface area contributed by atoms with Crippen LogP contribution in [-0.4, -0.2) is 19.6 Å². The average Bonchev–Trinajstić information content (AvgIpc) is 2.54. The summed E-state index contributed by atoms with van der Waals surface area (Å²) in [5, 5.41) is 2.85. The molecule has 2 rings (SSSR count). The molecule has 0 atom stereocenters. The van der Waals surface area contributed by atoms with Crippen LogP contribution in [0, 0.1) is 6.92 Å². The molecule has 116 valence electrons. The number of ether oxygens (including phenoxy) is 2. The van der Waals surface area contributed by atoms with E-state index in [-0.39, 0.29) is 5.91 Å². The second-order valence-corrected chi connectivity index (χ2v) is 5.04. The zero-order chi connectivity index (χ0) is 15.8. The Bertz CT molecular complexity index is 591. The van der Waals surface area contributed by atoms with Crippen molar-refractivity contribution in [3.05, 3.63) is 54.1 Å². The van der Waals surface area contributed by atoms with Gasteiger partial charge in [0.25, 0.3) is 0 Å². The van der Waals surface area contributed by atoms with E-state index in [2.05, 4.69) is 5.32 Å². The molecule has 0 unspecified atom stereocenters. The monoisotopic (exact) mass is 299 g/mol. The van der Waals surface area contributed by atoms with Gasteiger partial charge in [-0.15, -0.1) is 0 Å². The van der Waals surface area contributed by atoms with E-state index in [1.807, 2.05) is 55.5 Å². The van der Waals surface area contributed by atoms with Crippen molar-refractivity contribution in [3.8, 4) is 11.5 Å². The molecular weight excluding hydrogens is 278 g/mol. The van der Waals surface area contributed by atoms with Gasteiger partial charge in [-0.1, -0.05) is 17.7 Å². The SMILES string of the molecule is COc1ccc(NC(=O)CCCOc2ccc(C)cc2)cc1. The van der Waals surface area contributed by atoms with Crippen LogP contribution in [0.25, 0.3) is 0 Å². The molecule has 0 heterocycles. The van der Waals surface area contributed by atoms with Gasteiger partial charge in [-0.3, -0.25) is 4.79 Å². The number of hydrogen-bond donors (Lipinski definition) is 1. The molecule has 0 saturated heterocycles. The molecule has 0 fully saturated rings. The largest absolute Gasteiger partial charge is 0.497 e. The van der Waals surface area contributed by atoms with Gasteiger partial charge in [0, 0.05) is 12.1 Å². The third kappa shape index (κ3) is 5.13. The summed E-state index contributed by atoms with van der Waals surface area (Å²) in [5.74, 6) is 1.59. The van der Waals surface area contributed by atoms with Crippen molar-refractivity contribution < 1.29 is 14.3 Å². The zero-order valence-corrected chi connectivity index (χ0v) is 13.0. The van der Waals surface area contributed by atoms with Crippen molar-refractivity contribution in [3.63, 3.8) is 0 Å². The molecule has 0 bridgehead atoms. The van der Waals surface area contributed by atoms with Crippen molar-refractivity contribution in [2.24, 2.45) is 0 Å². The molecule has 2 aromatic rings. The molecule has 0 aliphatic heterocycles. The maximum absolute atomic E-state index is 11.8. The van der Waals surface area contributed by atoms with Crippen LogP contribution in [0.3, 0.4) is 0 Å². The molecule has 0 radical (unpaired) electrons. The summed E-state index contributed by atoms with van der Waals surface area (Å²) in [5.41, 5.74) is 1.97. The molecule has 0 aliphatic rings. The highest BCUT2D eigenvalue weighted by atomic mass is 16.5. The molecule has 0 spiro atoms. The molecule has 1 amide bonds. The number of carbonyl (C=O) groups is 1. The number of methoxy groups -OCH3 is 1. The second-order valence-electron chi connectivity index (χ2n) is 5.04. The fourth-order valence-electron chi connectivity index (χ4n) is 1.96. The minimum Gasteiger partial charge on any atom is -0.497 e. The van der Waals surface area contributed by atoms with Gasteiger partial charge in [0.15, 0.2) is 0 Å². The summed E-state index contributed by atoms with van der Waals surface area (Å²) >= 11 is 0. The van der Waals surface area contributed by atoms with Gasteiger partial charge in [0.2, 0.25) is 5.91 Å². The molecule has 0 aromatic heterocycles. The predicted molar refractivity (Wildman–Crippen MR) is 87.5 cm³/mol. The lowest BCUT2D eigenvalue weighted by Crippen LogP contribution is -2.12. The van der Waals surface area contributed by atoms with E-state index in [1.54, 1.807) is 7.11 Å². The summed E-state index contributed by atoms with van der Waals surface area (Å²) in [4.78, 5) is 11.8. The topological polar surface area (TPSA) is 47.6 Å². The van der Waals surface area contributed by atoms with Crippen molar-refractivity contribution in [2.75, 3.05) is 19.0 Å². The standard InChI is InChI=1S/C18H21NO3/c1-14-5-9-17(10-6-14)22-13-3-4-18(20)19-15-7-11-16(21-2)12-8-15/h5-12H,3-4,13H2,1-2H3,(H,19,20). The van der Waals surface area contributed by atoms with Crippen molar-refractivity contribution >= 4 is 11.6 Å². The number of aryl methyl sites for hydroxylation is 1. The van der Waals surface area contributed by atoms with Gasteiger partial charge in [-0.2, -0.15) is 0 Å². The number of carbonyl (C=O) groups excluding carboxylic acids is 1. The van der Waals surface area contributed by atoms with Crippen LogP contribution in [0.5, 0.6) is 11.5 Å². The third-order valence-corrected chi connectivity index (χ3v) is 3.21. The van der Waals surface area contributed by atoms with E-state index in [9.17, 15) is 4.79 Å². The smallest absolute Gasteiger partial charge is 0.224 e. The van der Waals surface area contributed by atoms with E-state index in [0.29, 0.717) is 19.4 Å². The first-order valence-electron chi connectivity index (χ1n) is 7.31. The molecule has 2 aromatic carbocycles. The summed E-state index contributed by atoms with van der Waals surface area (Å²) in [6, 6.07) is 15.2. The first-order chi connectivity index (χ1) is 10.7. The summed E-state index contributed by atoms with van der Waals surface area (Å²) < 4.78 is 10.7. The average molecular weight is 299 g/mol. The maximum Gasteiger partial charge on any atom is 0.224 e. The maximum atomic E-state index is 11.8. The van der Waals surface area contributed by atoms with Gasteiger partial charge >= 0.3 is 0 Å². The van der Waals surface area contributed by atoms with Crippen molar-refractivity contribution in [2.45, 2.75) is 19.8 Å². The van der Waals surface area contributed by atoms with Crippen LogP contribution in [-0.2, 0) is 4.79 Å². The highest BCUT2D eigenvalue weighted by Gasteiger charge is 2.03. The van der Waals surface area contributed by atoms with Gasteiger partial charge in [-0.25, -0.2) is 0 Å². The lowest BCUT2D eigenvalue weighted by Gasteiger charge is -2.08. The molecule has 0 aliphatic carbocycles. The quantitative estimate of drug-likeness (QED) is 0.791. The molecule has 1 N–H and O–H groups in total. The van der Waals surface area contributed by atoms with Gasteiger partial charge in [0.1, 0.15) is 11.5 Å². The van der Waals surface area contributed by atoms with E-state index < -0.39 is 0 Å². The van der Waals surface area contributed by atoms with Crippen LogP contribution < -0.4 is 14.8 Å². The second kappa shape index (κ2) is 8.08. The Labute approximate surface area is 131 Å². The highest BCUT2D eigenvalue weighted by molar-refractivity contribution is 5.90. The first-order valence-corrected chi connectivity index (χ1v) is 7.31. The van der Waals surface area contributed by atoms with Crippen molar-refractivity contribution in [1.82, 2.24) is 0 Å². The Hall–Kier alpha value is -2.49. The molecule has 22 heavy (non-hydrogen) atoms. The Morgan fingerprint density at radius 1 is 1.00 bits per heavy atom. The fourth-order valence-corrected chi connectivity index (χ4v) is 1.96. The van der Waals surface area contributed by atoms with E-state index >= 15 is 0 Å². The molecular formula is C18H21NO3. The van der Waals surface area contributed by atoms with Crippen LogP contribution in [0.15, 0.2) is 48.5 Å². The first kappa shape index (κ1) is 15.9. The normalized spacial score (nSPS) is 10.1. The van der Waals surface area contributed by atoms with Gasteiger partial charge in [-0.05, 0) is 49.7 Å². The number of amides is 1. The Morgan fingerprint density at radius 3 is 2.27 bits per heavy atom. The highest BCUT2D eigenvalue weighted by Crippen LogP contribution is 2.15. The summed E-state index contributed by atoms with van der Waals surface area (Å²) in [6.07, 6.45) is 1.10. The zero-order valence-electron chi connectivity index (χ0n) is 13.0. The Balaban J connectivity index is 1.67. The molecule has 4 heteroatoms. The number of benzene rings is 2. The molecule has 4 nitrogen and oxygen atoms in total. The van der Waals surface area contributed by atoms with Gasteiger partial charge < -0.3 is 14.8 Å². The number of rotatable bonds is 7. The Kier molecular flexibility index (Phi) is 5.83. The predicted octanol–water partition coefficient (Wildman–Crippen LogP) is 3.80. The van der Waals surface area contributed by atoms with Gasteiger partial charge in [0.05, 0.1) is 13.7 Å². The van der Waals surface area contributed by atoms with E-state index in [1.165, 1.54) is 5.56 Å². The Morgan fingerprint density at radius 2 is 1.64 bits per heavy atom. The van der Waals surface area contributed by atoms with Crippen LogP contribution in [0.1, 0.15) is 18.4 Å². The lowest BCUT2D eigenvalue weighted by molar-refractivity contribution is -0.116. The van der Waals surface area contributed by atoms with Crippen molar-refractivity contribution in [1.29, 1.82) is 0 Å². The van der Waals surface area contributed by atoms with Crippen LogP contribution >= 0.6 is 0 Å². The number of nitrogens with one attached hydrogen (secondary N) is 1. The minimum atomic E-state index is -0.0160. The third-order valence-electron chi connectivity index (χ3n) is 3.21. The van der Waals surface area contributed by atoms with Crippen LogP contribution in [0.2, 0.25) is 0 Å². The fraction of sp³-hybridized carbons (Fsp3) is 0.278. The minimum absolute atomic E-state index is 0.0160.